The Morgan fingerprint density at radius 3 is 2.86 bits per heavy atom. The van der Waals surface area contributed by atoms with Gasteiger partial charge in [0, 0.05) is 9.61 Å². The van der Waals surface area contributed by atoms with Crippen LogP contribution in [0.15, 0.2) is 42.7 Å². The zero-order valence-electron chi connectivity index (χ0n) is 15.0. The van der Waals surface area contributed by atoms with Gasteiger partial charge in [0.15, 0.2) is 5.82 Å². The summed E-state index contributed by atoms with van der Waals surface area (Å²) in [6, 6.07) is 11.6. The Bertz CT molecular complexity index is 1040. The van der Waals surface area contributed by atoms with Crippen molar-refractivity contribution < 1.29 is 9.53 Å². The molecule has 1 amide bonds. The molecule has 0 unspecified atom stereocenters. The molecule has 7 nitrogen and oxygen atoms in total. The number of pyridine rings is 1. The molecule has 8 heteroatoms. The molecular formula is C20H18IN5O2. The lowest BCUT2D eigenvalue weighted by Gasteiger charge is -2.30. The van der Waals surface area contributed by atoms with Gasteiger partial charge < -0.3 is 14.6 Å². The standard InChI is InChI=1S/C20H18IN5O2/c21-12-4-9-17-15(10-12)20(27)24-18-3-1-2-16(23-18)19-25-22-11-26(19)13-5-7-14(28-17)8-6-13/h1-4,9-11,13-14H,5-8H2,(H,23,24,27). The predicted octanol–water partition coefficient (Wildman–Crippen LogP) is 4.07. The summed E-state index contributed by atoms with van der Waals surface area (Å²) in [6.45, 7) is 0. The van der Waals surface area contributed by atoms with Gasteiger partial charge >= 0.3 is 0 Å². The molecule has 0 saturated heterocycles. The Kier molecular flexibility index (Phi) is 4.50. The average molecular weight is 487 g/mol. The highest BCUT2D eigenvalue weighted by atomic mass is 127. The van der Waals surface area contributed by atoms with Crippen molar-refractivity contribution in [2.24, 2.45) is 0 Å². The average Bonchev–Trinajstić information content (AvgIpc) is 3.19. The summed E-state index contributed by atoms with van der Waals surface area (Å²) < 4.78 is 9.34. The van der Waals surface area contributed by atoms with E-state index in [1.165, 1.54) is 0 Å². The molecular weight excluding hydrogens is 469 g/mol. The van der Waals surface area contributed by atoms with Crippen molar-refractivity contribution in [3.63, 3.8) is 0 Å². The van der Waals surface area contributed by atoms with Gasteiger partial charge in [-0.1, -0.05) is 6.07 Å². The Hall–Kier alpha value is -2.49. The second-order valence-electron chi connectivity index (χ2n) is 7.11. The highest BCUT2D eigenvalue weighted by molar-refractivity contribution is 14.1. The molecule has 28 heavy (non-hydrogen) atoms. The van der Waals surface area contributed by atoms with Crippen molar-refractivity contribution in [2.75, 3.05) is 5.32 Å². The highest BCUT2D eigenvalue weighted by Crippen LogP contribution is 2.34. The molecule has 0 atom stereocenters. The van der Waals surface area contributed by atoms with E-state index >= 15 is 0 Å². The first-order chi connectivity index (χ1) is 13.7. The highest BCUT2D eigenvalue weighted by Gasteiger charge is 2.27. The molecule has 6 rings (SSSR count). The SMILES string of the molecule is O=C1Nc2cccc(n2)-c2nncn2C2CCC(CC2)Oc2ccc(I)cc21. The number of anilines is 1. The number of carbonyl (C=O) groups excluding carboxylic acids is 1. The molecule has 1 saturated carbocycles. The number of benzene rings is 1. The number of nitrogens with zero attached hydrogens (tertiary/aromatic N) is 4. The fourth-order valence-corrected chi connectivity index (χ4v) is 4.40. The lowest BCUT2D eigenvalue weighted by Crippen LogP contribution is -2.27. The zero-order chi connectivity index (χ0) is 19.1. The number of rotatable bonds is 0. The molecule has 142 valence electrons. The van der Waals surface area contributed by atoms with Crippen molar-refractivity contribution in [2.45, 2.75) is 37.8 Å². The first-order valence-electron chi connectivity index (χ1n) is 9.32. The van der Waals surface area contributed by atoms with Gasteiger partial charge in [-0.2, -0.15) is 0 Å². The summed E-state index contributed by atoms with van der Waals surface area (Å²) in [6.07, 6.45) is 5.66. The smallest absolute Gasteiger partial charge is 0.260 e. The van der Waals surface area contributed by atoms with E-state index < -0.39 is 0 Å². The van der Waals surface area contributed by atoms with E-state index in [0.717, 1.165) is 35.1 Å². The third-order valence-corrected chi connectivity index (χ3v) is 5.98. The van der Waals surface area contributed by atoms with Gasteiger partial charge in [-0.3, -0.25) is 4.79 Å². The number of carbonyl (C=O) groups is 1. The molecule has 1 aromatic carbocycles. The second-order valence-corrected chi connectivity index (χ2v) is 8.36. The van der Waals surface area contributed by atoms with Gasteiger partial charge in [0.25, 0.3) is 5.91 Å². The number of nitrogens with one attached hydrogen (secondary N) is 1. The van der Waals surface area contributed by atoms with E-state index in [-0.39, 0.29) is 12.0 Å². The normalized spacial score (nSPS) is 21.1. The van der Waals surface area contributed by atoms with Crippen LogP contribution in [0.1, 0.15) is 42.1 Å². The van der Waals surface area contributed by atoms with Gasteiger partial charge in [-0.25, -0.2) is 4.98 Å². The zero-order valence-corrected chi connectivity index (χ0v) is 17.2. The van der Waals surface area contributed by atoms with E-state index in [1.807, 2.05) is 30.3 Å². The monoisotopic (exact) mass is 487 g/mol. The molecule has 2 aromatic heterocycles. The van der Waals surface area contributed by atoms with Crippen LogP contribution in [0, 0.1) is 3.57 Å². The number of hydrogen-bond acceptors (Lipinski definition) is 5. The van der Waals surface area contributed by atoms with E-state index in [9.17, 15) is 4.79 Å². The molecule has 1 fully saturated rings. The number of hydrogen-bond donors (Lipinski definition) is 1. The first-order valence-corrected chi connectivity index (χ1v) is 10.4. The van der Waals surface area contributed by atoms with Crippen LogP contribution in [-0.2, 0) is 0 Å². The van der Waals surface area contributed by atoms with Crippen molar-refractivity contribution >= 4 is 34.3 Å². The quantitative estimate of drug-likeness (QED) is 0.484. The summed E-state index contributed by atoms with van der Waals surface area (Å²) in [5.74, 6) is 1.60. The molecule has 2 aliphatic heterocycles. The van der Waals surface area contributed by atoms with E-state index in [4.69, 9.17) is 4.74 Å². The van der Waals surface area contributed by atoms with Crippen LogP contribution in [0.2, 0.25) is 0 Å². The van der Waals surface area contributed by atoms with Crippen molar-refractivity contribution in [1.29, 1.82) is 0 Å². The Balaban J connectivity index is 1.62. The summed E-state index contributed by atoms with van der Waals surface area (Å²) in [4.78, 5) is 17.6. The Morgan fingerprint density at radius 1 is 1.14 bits per heavy atom. The van der Waals surface area contributed by atoms with Crippen LogP contribution in [-0.4, -0.2) is 31.8 Å². The maximum Gasteiger partial charge on any atom is 0.260 e. The van der Waals surface area contributed by atoms with Gasteiger partial charge in [-0.15, -0.1) is 10.2 Å². The second kappa shape index (κ2) is 7.16. The molecule has 1 aliphatic carbocycles. The molecule has 0 radical (unpaired) electrons. The third kappa shape index (κ3) is 3.25. The summed E-state index contributed by atoms with van der Waals surface area (Å²) in [5.41, 5.74) is 1.23. The lowest BCUT2D eigenvalue weighted by molar-refractivity contribution is 0.100. The molecule has 3 aliphatic rings. The minimum Gasteiger partial charge on any atom is -0.490 e. The molecule has 3 aromatic rings. The number of aromatic nitrogens is 4. The summed E-state index contributed by atoms with van der Waals surface area (Å²) >= 11 is 2.20. The van der Waals surface area contributed by atoms with Crippen LogP contribution >= 0.6 is 22.6 Å². The van der Waals surface area contributed by atoms with Crippen LogP contribution in [0.4, 0.5) is 5.82 Å². The lowest BCUT2D eigenvalue weighted by atomic mass is 9.92. The Labute approximate surface area is 175 Å². The molecule has 1 N–H and O–H groups in total. The number of amides is 1. The van der Waals surface area contributed by atoms with Gasteiger partial charge in [0.2, 0.25) is 0 Å². The van der Waals surface area contributed by atoms with Crippen LogP contribution in [0.3, 0.4) is 0 Å². The van der Waals surface area contributed by atoms with Gasteiger partial charge in [-0.05, 0) is 78.6 Å². The third-order valence-electron chi connectivity index (χ3n) is 5.31. The number of fused-ring (bicyclic) bond motifs is 3. The van der Waals surface area contributed by atoms with E-state index in [2.05, 4.69) is 47.7 Å². The van der Waals surface area contributed by atoms with Crippen molar-refractivity contribution in [1.82, 2.24) is 19.7 Å². The number of halogens is 1. The molecule has 4 heterocycles. The predicted molar refractivity (Wildman–Crippen MR) is 112 cm³/mol. The molecule has 4 bridgehead atoms. The number of ether oxygens (including phenoxy) is 1. The topological polar surface area (TPSA) is 81.9 Å². The van der Waals surface area contributed by atoms with Gasteiger partial charge in [0.05, 0.1) is 11.7 Å². The van der Waals surface area contributed by atoms with Crippen LogP contribution < -0.4 is 10.1 Å². The minimum atomic E-state index is -0.231. The summed E-state index contributed by atoms with van der Waals surface area (Å²) in [7, 11) is 0. The summed E-state index contributed by atoms with van der Waals surface area (Å²) in [5, 5.41) is 11.3. The van der Waals surface area contributed by atoms with E-state index in [0.29, 0.717) is 28.9 Å². The van der Waals surface area contributed by atoms with Crippen molar-refractivity contribution in [3.8, 4) is 17.3 Å². The fraction of sp³-hybridized carbons (Fsp3) is 0.300. The maximum atomic E-state index is 13.0. The van der Waals surface area contributed by atoms with Crippen molar-refractivity contribution in [3.05, 3.63) is 51.9 Å². The Morgan fingerprint density at radius 2 is 2.00 bits per heavy atom. The first kappa shape index (κ1) is 17.6. The van der Waals surface area contributed by atoms with Crippen LogP contribution in [0.5, 0.6) is 5.75 Å². The van der Waals surface area contributed by atoms with E-state index in [1.54, 1.807) is 12.4 Å². The van der Waals surface area contributed by atoms with Crippen LogP contribution in [0.25, 0.3) is 11.5 Å². The largest absolute Gasteiger partial charge is 0.490 e. The van der Waals surface area contributed by atoms with Gasteiger partial charge in [0.1, 0.15) is 23.6 Å². The fourth-order valence-electron chi connectivity index (χ4n) is 3.91. The maximum absolute atomic E-state index is 13.0. The molecule has 0 spiro atoms. The minimum absolute atomic E-state index is 0.0988.